The maximum atomic E-state index is 2.47. The topological polar surface area (TPSA) is 0 Å². The van der Waals surface area contributed by atoms with Crippen LogP contribution in [0.15, 0.2) is 78.9 Å². The molecule has 0 unspecified atom stereocenters. The molecule has 0 bridgehead atoms. The van der Waals surface area contributed by atoms with Gasteiger partial charge in [0, 0.05) is 5.41 Å². The number of hydrogen-bond acceptors (Lipinski definition) is 0. The van der Waals surface area contributed by atoms with Crippen molar-refractivity contribution in [3.05, 3.63) is 84.4 Å². The fraction of sp³-hybridized carbons (Fsp3) is 0.333. The lowest BCUT2D eigenvalue weighted by Crippen LogP contribution is -2.39. The first-order valence-electron chi connectivity index (χ1n) is 12.6. The Balaban J connectivity index is 1.81. The van der Waals surface area contributed by atoms with E-state index >= 15 is 0 Å². The van der Waals surface area contributed by atoms with Gasteiger partial charge in [0.15, 0.2) is 0 Å². The van der Waals surface area contributed by atoms with Gasteiger partial charge in [-0.25, -0.2) is 0 Å². The van der Waals surface area contributed by atoms with Crippen LogP contribution in [-0.4, -0.2) is 0 Å². The summed E-state index contributed by atoms with van der Waals surface area (Å²) in [7, 11) is 0. The third-order valence-corrected chi connectivity index (χ3v) is 7.97. The van der Waals surface area contributed by atoms with Crippen molar-refractivity contribution in [2.45, 2.75) is 53.4 Å². The Morgan fingerprint density at radius 1 is 0.515 bits per heavy atom. The molecule has 0 aliphatic carbocycles. The van der Waals surface area contributed by atoms with Crippen LogP contribution in [0.5, 0.6) is 0 Å². The second kappa shape index (κ2) is 8.17. The molecule has 0 atom stereocenters. The summed E-state index contributed by atoms with van der Waals surface area (Å²) in [6.45, 7) is 14.4. The van der Waals surface area contributed by atoms with Crippen molar-refractivity contribution in [3.8, 4) is 0 Å². The lowest BCUT2D eigenvalue weighted by Gasteiger charge is -2.44. The lowest BCUT2D eigenvalue weighted by molar-refractivity contribution is 0.180. The molecule has 0 nitrogen and oxygen atoms in total. The van der Waals surface area contributed by atoms with Crippen LogP contribution in [0.2, 0.25) is 0 Å². The van der Waals surface area contributed by atoms with Crippen LogP contribution in [0.25, 0.3) is 43.1 Å². The summed E-state index contributed by atoms with van der Waals surface area (Å²) < 4.78 is 0. The number of hydrogen-bond donors (Lipinski definition) is 0. The highest BCUT2D eigenvalue weighted by molar-refractivity contribution is 6.08. The Labute approximate surface area is 198 Å². The summed E-state index contributed by atoms with van der Waals surface area (Å²) in [5.41, 5.74) is 1.69. The molecule has 5 rings (SSSR count). The molecule has 33 heavy (non-hydrogen) atoms. The second-order valence-electron chi connectivity index (χ2n) is 11.1. The molecule has 0 N–H and O–H groups in total. The van der Waals surface area contributed by atoms with Gasteiger partial charge in [0.2, 0.25) is 0 Å². The van der Waals surface area contributed by atoms with Crippen LogP contribution in [0, 0.1) is 17.8 Å². The van der Waals surface area contributed by atoms with Crippen molar-refractivity contribution in [1.29, 1.82) is 0 Å². The molecular formula is C33H36. The Hall–Kier alpha value is -2.86. The molecule has 0 saturated heterocycles. The van der Waals surface area contributed by atoms with Gasteiger partial charge in [0.1, 0.15) is 0 Å². The van der Waals surface area contributed by atoms with Gasteiger partial charge in [-0.3, -0.25) is 0 Å². The van der Waals surface area contributed by atoms with Crippen molar-refractivity contribution >= 4 is 43.1 Å². The normalized spacial score (nSPS) is 12.9. The maximum absolute atomic E-state index is 2.47. The highest BCUT2D eigenvalue weighted by atomic mass is 14.4. The van der Waals surface area contributed by atoms with Gasteiger partial charge in [-0.1, -0.05) is 84.0 Å². The molecule has 0 heteroatoms. The van der Waals surface area contributed by atoms with E-state index in [-0.39, 0.29) is 5.41 Å². The van der Waals surface area contributed by atoms with Crippen LogP contribution >= 0.6 is 0 Å². The number of benzene rings is 5. The van der Waals surface area contributed by atoms with Crippen LogP contribution in [0.3, 0.4) is 0 Å². The van der Waals surface area contributed by atoms with E-state index in [0.717, 1.165) is 0 Å². The molecule has 0 aliphatic heterocycles. The minimum absolute atomic E-state index is 0.161. The maximum Gasteiger partial charge on any atom is 0.000752 e. The van der Waals surface area contributed by atoms with E-state index < -0.39 is 0 Å². The van der Waals surface area contributed by atoms with E-state index in [1.165, 1.54) is 55.1 Å². The zero-order chi connectivity index (χ0) is 23.3. The zero-order valence-corrected chi connectivity index (χ0v) is 20.9. The van der Waals surface area contributed by atoms with Crippen LogP contribution < -0.4 is 0 Å². The Morgan fingerprint density at radius 2 is 0.970 bits per heavy atom. The molecule has 0 saturated carbocycles. The Bertz CT molecular complexity index is 1460. The van der Waals surface area contributed by atoms with Crippen LogP contribution in [0.1, 0.15) is 53.5 Å². The van der Waals surface area contributed by atoms with Gasteiger partial charge >= 0.3 is 0 Å². The van der Waals surface area contributed by atoms with Crippen molar-refractivity contribution in [1.82, 2.24) is 0 Å². The molecule has 0 aliphatic rings. The molecule has 0 amide bonds. The monoisotopic (exact) mass is 432 g/mol. The number of rotatable bonds is 5. The highest BCUT2D eigenvalue weighted by Gasteiger charge is 2.40. The van der Waals surface area contributed by atoms with Gasteiger partial charge in [-0.05, 0) is 109 Å². The third-order valence-electron chi connectivity index (χ3n) is 7.97. The van der Waals surface area contributed by atoms with E-state index in [2.05, 4.69) is 120 Å². The Kier molecular flexibility index (Phi) is 5.44. The second-order valence-corrected chi connectivity index (χ2v) is 11.1. The SMILES string of the molecule is CC(C)CC(c1cccc2cc3cc4cc5ccccc5cc4cc3cc12)(C(C)C)C(C)C. The number of fused-ring (bicyclic) bond motifs is 4. The molecule has 0 spiro atoms. The standard InChI is InChI=1S/C33H36/c1-21(2)20-33(22(3)4,23(5)6)32-13-9-12-26-16-29-17-27-14-24-10-7-8-11-25(24)15-28(27)18-30(29)19-31(26)32/h7-19,21-23H,20H2,1-6H3. The van der Waals surface area contributed by atoms with E-state index in [1.807, 2.05) is 0 Å². The van der Waals surface area contributed by atoms with E-state index in [4.69, 9.17) is 0 Å². The average molecular weight is 433 g/mol. The molecule has 5 aromatic rings. The van der Waals surface area contributed by atoms with Crippen LogP contribution in [-0.2, 0) is 5.41 Å². The van der Waals surface area contributed by atoms with Crippen molar-refractivity contribution in [3.63, 3.8) is 0 Å². The molecule has 0 aromatic heterocycles. The summed E-state index contributed by atoms with van der Waals surface area (Å²) in [5.74, 6) is 1.80. The first-order valence-corrected chi connectivity index (χ1v) is 12.6. The largest absolute Gasteiger partial charge is 0.0627 e. The van der Waals surface area contributed by atoms with Gasteiger partial charge in [0.05, 0.1) is 0 Å². The smallest absolute Gasteiger partial charge is 0.000752 e. The summed E-state index contributed by atoms with van der Waals surface area (Å²) >= 11 is 0. The molecule has 5 aromatic carbocycles. The predicted molar refractivity (Wildman–Crippen MR) is 147 cm³/mol. The summed E-state index contributed by atoms with van der Waals surface area (Å²) in [5, 5.41) is 10.7. The van der Waals surface area contributed by atoms with E-state index in [0.29, 0.717) is 17.8 Å². The van der Waals surface area contributed by atoms with Crippen LogP contribution in [0.4, 0.5) is 0 Å². The first-order chi connectivity index (χ1) is 15.8. The minimum atomic E-state index is 0.161. The lowest BCUT2D eigenvalue weighted by atomic mass is 9.60. The summed E-state index contributed by atoms with van der Waals surface area (Å²) in [6, 6.07) is 29.9. The molecule has 168 valence electrons. The zero-order valence-electron chi connectivity index (χ0n) is 20.9. The predicted octanol–water partition coefficient (Wildman–Crippen LogP) is 9.90. The summed E-state index contributed by atoms with van der Waals surface area (Å²) in [6.07, 6.45) is 1.21. The quantitative estimate of drug-likeness (QED) is 0.242. The van der Waals surface area contributed by atoms with Crippen molar-refractivity contribution in [2.75, 3.05) is 0 Å². The van der Waals surface area contributed by atoms with Crippen molar-refractivity contribution in [2.24, 2.45) is 17.8 Å². The van der Waals surface area contributed by atoms with Gasteiger partial charge in [0.25, 0.3) is 0 Å². The van der Waals surface area contributed by atoms with Crippen molar-refractivity contribution < 1.29 is 0 Å². The fourth-order valence-electron chi connectivity index (χ4n) is 6.42. The Morgan fingerprint density at radius 3 is 1.48 bits per heavy atom. The minimum Gasteiger partial charge on any atom is -0.0627 e. The van der Waals surface area contributed by atoms with E-state index in [9.17, 15) is 0 Å². The third kappa shape index (κ3) is 3.61. The van der Waals surface area contributed by atoms with Gasteiger partial charge in [-0.15, -0.1) is 0 Å². The van der Waals surface area contributed by atoms with Gasteiger partial charge in [-0.2, -0.15) is 0 Å². The molecule has 0 fully saturated rings. The highest BCUT2D eigenvalue weighted by Crippen LogP contribution is 2.47. The first kappa shape index (κ1) is 22.0. The average Bonchev–Trinajstić information content (AvgIpc) is 2.77. The molecule has 0 heterocycles. The summed E-state index contributed by atoms with van der Waals surface area (Å²) in [4.78, 5) is 0. The fourth-order valence-corrected chi connectivity index (χ4v) is 6.42. The van der Waals surface area contributed by atoms with Gasteiger partial charge < -0.3 is 0 Å². The molecular weight excluding hydrogens is 396 g/mol. The van der Waals surface area contributed by atoms with E-state index in [1.54, 1.807) is 0 Å². The molecule has 0 radical (unpaired) electrons.